The molecule has 0 amide bonds. The minimum absolute atomic E-state index is 0.532. The first kappa shape index (κ1) is 16.7. The standard InChI is InChI=1S/C18H18N6OS/c1-3-8-24-11-20-14-9-13(4-5-15(14)24)17-22-16(25-23-17)10-26-18-19-7-6-12(2)21-18/h4-7,9,11H,3,8,10H2,1-2H3. The van der Waals surface area contributed by atoms with Crippen LogP contribution in [-0.4, -0.2) is 29.7 Å². The summed E-state index contributed by atoms with van der Waals surface area (Å²) >= 11 is 1.47. The van der Waals surface area contributed by atoms with Crippen LogP contribution in [0.2, 0.25) is 0 Å². The van der Waals surface area contributed by atoms with Crippen LogP contribution in [0.25, 0.3) is 22.4 Å². The molecule has 0 saturated heterocycles. The number of imidazole rings is 1. The highest BCUT2D eigenvalue weighted by molar-refractivity contribution is 7.98. The average molecular weight is 366 g/mol. The molecule has 0 radical (unpaired) electrons. The molecule has 132 valence electrons. The fourth-order valence-electron chi connectivity index (χ4n) is 2.67. The lowest BCUT2D eigenvalue weighted by Crippen LogP contribution is -1.93. The van der Waals surface area contributed by atoms with E-state index in [1.165, 1.54) is 11.8 Å². The lowest BCUT2D eigenvalue weighted by Gasteiger charge is -2.01. The van der Waals surface area contributed by atoms with Gasteiger partial charge in [-0.25, -0.2) is 15.0 Å². The van der Waals surface area contributed by atoms with Crippen LogP contribution in [0, 0.1) is 6.92 Å². The summed E-state index contributed by atoms with van der Waals surface area (Å²) in [4.78, 5) is 17.5. The van der Waals surface area contributed by atoms with Crippen molar-refractivity contribution in [2.45, 2.75) is 37.7 Å². The number of nitrogens with zero attached hydrogens (tertiary/aromatic N) is 6. The van der Waals surface area contributed by atoms with E-state index >= 15 is 0 Å². The van der Waals surface area contributed by atoms with Crippen LogP contribution in [0.4, 0.5) is 0 Å². The molecule has 0 saturated carbocycles. The van der Waals surface area contributed by atoms with E-state index in [0.29, 0.717) is 22.6 Å². The fourth-order valence-corrected chi connectivity index (χ4v) is 3.39. The first-order chi connectivity index (χ1) is 12.7. The lowest BCUT2D eigenvalue weighted by atomic mass is 10.2. The van der Waals surface area contributed by atoms with Gasteiger partial charge >= 0.3 is 0 Å². The second-order valence-electron chi connectivity index (χ2n) is 5.92. The van der Waals surface area contributed by atoms with Crippen molar-refractivity contribution in [3.05, 3.63) is 48.4 Å². The topological polar surface area (TPSA) is 82.5 Å². The number of benzene rings is 1. The van der Waals surface area contributed by atoms with Gasteiger partial charge in [-0.15, -0.1) is 0 Å². The molecule has 8 heteroatoms. The van der Waals surface area contributed by atoms with Crippen molar-refractivity contribution in [1.29, 1.82) is 0 Å². The number of aromatic nitrogens is 6. The molecule has 0 bridgehead atoms. The van der Waals surface area contributed by atoms with E-state index in [9.17, 15) is 0 Å². The van der Waals surface area contributed by atoms with Gasteiger partial charge in [-0.1, -0.05) is 23.8 Å². The maximum Gasteiger partial charge on any atom is 0.237 e. The fraction of sp³-hybridized carbons (Fsp3) is 0.278. The highest BCUT2D eigenvalue weighted by Crippen LogP contribution is 2.24. The van der Waals surface area contributed by atoms with Crippen molar-refractivity contribution in [1.82, 2.24) is 29.7 Å². The van der Waals surface area contributed by atoms with Gasteiger partial charge in [0, 0.05) is 24.0 Å². The zero-order valence-electron chi connectivity index (χ0n) is 14.6. The second kappa shape index (κ2) is 7.25. The van der Waals surface area contributed by atoms with Crippen molar-refractivity contribution < 1.29 is 4.52 Å². The highest BCUT2D eigenvalue weighted by atomic mass is 32.2. The van der Waals surface area contributed by atoms with Gasteiger partial charge in [-0.05, 0) is 37.6 Å². The molecule has 0 aliphatic rings. The van der Waals surface area contributed by atoms with Gasteiger partial charge in [0.1, 0.15) is 0 Å². The van der Waals surface area contributed by atoms with Crippen LogP contribution in [0.1, 0.15) is 24.9 Å². The van der Waals surface area contributed by atoms with Crippen molar-refractivity contribution in [2.24, 2.45) is 0 Å². The van der Waals surface area contributed by atoms with Gasteiger partial charge in [0.2, 0.25) is 11.7 Å². The van der Waals surface area contributed by atoms with Crippen LogP contribution in [0.5, 0.6) is 0 Å². The first-order valence-corrected chi connectivity index (χ1v) is 9.42. The average Bonchev–Trinajstić information content (AvgIpc) is 3.27. The van der Waals surface area contributed by atoms with Crippen LogP contribution >= 0.6 is 11.8 Å². The minimum Gasteiger partial charge on any atom is -0.338 e. The number of aryl methyl sites for hydroxylation is 2. The molecule has 3 aromatic heterocycles. The summed E-state index contributed by atoms with van der Waals surface area (Å²) < 4.78 is 7.52. The Kier molecular flexibility index (Phi) is 4.66. The van der Waals surface area contributed by atoms with E-state index in [1.807, 2.05) is 31.5 Å². The molecule has 26 heavy (non-hydrogen) atoms. The van der Waals surface area contributed by atoms with E-state index in [-0.39, 0.29) is 0 Å². The normalized spacial score (nSPS) is 11.3. The molecule has 3 heterocycles. The molecule has 7 nitrogen and oxygen atoms in total. The Balaban J connectivity index is 1.51. The van der Waals surface area contributed by atoms with Crippen LogP contribution in [-0.2, 0) is 12.3 Å². The van der Waals surface area contributed by atoms with Gasteiger partial charge in [0.25, 0.3) is 0 Å². The molecular formula is C18H18N6OS. The molecule has 4 rings (SSSR count). The Morgan fingerprint density at radius 3 is 2.92 bits per heavy atom. The van der Waals surface area contributed by atoms with Gasteiger partial charge in [0.15, 0.2) is 5.16 Å². The quantitative estimate of drug-likeness (QED) is 0.378. The van der Waals surface area contributed by atoms with Gasteiger partial charge in [-0.3, -0.25) is 0 Å². The monoisotopic (exact) mass is 366 g/mol. The van der Waals surface area contributed by atoms with E-state index in [0.717, 1.165) is 35.3 Å². The number of rotatable bonds is 6. The number of hydrogen-bond donors (Lipinski definition) is 0. The van der Waals surface area contributed by atoms with E-state index in [2.05, 4.69) is 42.6 Å². The molecule has 0 spiro atoms. The Morgan fingerprint density at radius 1 is 1.15 bits per heavy atom. The maximum absolute atomic E-state index is 5.36. The summed E-state index contributed by atoms with van der Waals surface area (Å²) in [6.45, 7) is 5.05. The smallest absolute Gasteiger partial charge is 0.237 e. The molecule has 0 unspecified atom stereocenters. The summed E-state index contributed by atoms with van der Waals surface area (Å²) in [5.41, 5.74) is 3.88. The zero-order valence-corrected chi connectivity index (χ0v) is 15.4. The molecule has 0 aliphatic heterocycles. The molecule has 0 aliphatic carbocycles. The Bertz CT molecular complexity index is 1040. The summed E-state index contributed by atoms with van der Waals surface area (Å²) in [5, 5.41) is 4.79. The summed E-state index contributed by atoms with van der Waals surface area (Å²) in [6.07, 6.45) is 4.69. The largest absolute Gasteiger partial charge is 0.338 e. The molecule has 0 N–H and O–H groups in total. The number of hydrogen-bond acceptors (Lipinski definition) is 7. The van der Waals surface area contributed by atoms with Crippen molar-refractivity contribution in [3.8, 4) is 11.4 Å². The third-order valence-electron chi connectivity index (χ3n) is 3.91. The molecule has 4 aromatic rings. The summed E-state index contributed by atoms with van der Waals surface area (Å²) in [7, 11) is 0. The Labute approximate surface area is 154 Å². The van der Waals surface area contributed by atoms with Gasteiger partial charge in [0.05, 0.1) is 23.1 Å². The third kappa shape index (κ3) is 3.45. The summed E-state index contributed by atoms with van der Waals surface area (Å²) in [6, 6.07) is 7.92. The van der Waals surface area contributed by atoms with E-state index in [4.69, 9.17) is 4.52 Å². The van der Waals surface area contributed by atoms with Gasteiger partial charge in [-0.2, -0.15) is 4.98 Å². The van der Waals surface area contributed by atoms with Crippen LogP contribution in [0.15, 0.2) is 46.5 Å². The zero-order chi connectivity index (χ0) is 17.9. The second-order valence-corrected chi connectivity index (χ2v) is 6.86. The number of thioether (sulfide) groups is 1. The maximum atomic E-state index is 5.36. The van der Waals surface area contributed by atoms with E-state index < -0.39 is 0 Å². The third-order valence-corrected chi connectivity index (χ3v) is 4.76. The predicted molar refractivity (Wildman–Crippen MR) is 99.6 cm³/mol. The molecule has 0 atom stereocenters. The SMILES string of the molecule is CCCn1cnc2cc(-c3noc(CSc4nccc(C)n4)n3)ccc21. The van der Waals surface area contributed by atoms with Crippen LogP contribution < -0.4 is 0 Å². The van der Waals surface area contributed by atoms with Crippen LogP contribution in [0.3, 0.4) is 0 Å². The number of fused-ring (bicyclic) bond motifs is 1. The lowest BCUT2D eigenvalue weighted by molar-refractivity contribution is 0.391. The molecular weight excluding hydrogens is 348 g/mol. The Morgan fingerprint density at radius 2 is 2.08 bits per heavy atom. The molecule has 0 fully saturated rings. The van der Waals surface area contributed by atoms with Gasteiger partial charge < -0.3 is 9.09 Å². The van der Waals surface area contributed by atoms with Crippen molar-refractivity contribution in [2.75, 3.05) is 0 Å². The highest BCUT2D eigenvalue weighted by Gasteiger charge is 2.12. The van der Waals surface area contributed by atoms with Crippen molar-refractivity contribution in [3.63, 3.8) is 0 Å². The Hall–Kier alpha value is -2.74. The predicted octanol–water partition coefficient (Wildman–Crippen LogP) is 3.89. The van der Waals surface area contributed by atoms with E-state index in [1.54, 1.807) is 6.20 Å². The van der Waals surface area contributed by atoms with Crippen molar-refractivity contribution >= 4 is 22.8 Å². The molecule has 1 aromatic carbocycles. The minimum atomic E-state index is 0.532. The first-order valence-electron chi connectivity index (χ1n) is 8.43. The summed E-state index contributed by atoms with van der Waals surface area (Å²) in [5.74, 6) is 1.65.